The van der Waals surface area contributed by atoms with Crippen molar-refractivity contribution in [1.82, 2.24) is 4.90 Å². The van der Waals surface area contributed by atoms with E-state index in [-0.39, 0.29) is 0 Å². The molecule has 84 valence electrons. The topological polar surface area (TPSA) is 27.1 Å². The molecule has 1 unspecified atom stereocenters. The van der Waals surface area contributed by atoms with Crippen LogP contribution < -0.4 is 0 Å². The Kier molecular flexibility index (Phi) is 2.23. The normalized spacial score (nSPS) is 21.8. The van der Waals surface area contributed by atoms with Crippen LogP contribution in [0, 0.1) is 11.3 Å². The fourth-order valence-corrected chi connectivity index (χ4v) is 2.83. The van der Waals surface area contributed by atoms with Crippen molar-refractivity contribution in [2.24, 2.45) is 5.92 Å². The second-order valence-electron chi connectivity index (χ2n) is 5.07. The van der Waals surface area contributed by atoms with Crippen molar-refractivity contribution in [1.29, 1.82) is 5.41 Å². The number of hydrogen-bond acceptors (Lipinski definition) is 1. The molecule has 0 saturated heterocycles. The molecule has 0 radical (unpaired) electrons. The molecule has 16 heavy (non-hydrogen) atoms. The molecule has 3 rings (SSSR count). The number of fused-ring (bicyclic) bond motifs is 1. The average Bonchev–Trinajstić information content (AvgIpc) is 2.54. The van der Waals surface area contributed by atoms with Crippen molar-refractivity contribution in [3.8, 4) is 0 Å². The molecule has 1 aliphatic carbocycles. The minimum absolute atomic E-state index is 0.536. The number of nitrogens with zero attached hydrogens (tertiary/aromatic N) is 1. The molecule has 0 bridgehead atoms. The first-order valence-corrected chi connectivity index (χ1v) is 6.21. The van der Waals surface area contributed by atoms with Crippen molar-refractivity contribution in [3.05, 3.63) is 35.4 Å². The molecule has 2 aliphatic rings. The van der Waals surface area contributed by atoms with E-state index in [1.807, 2.05) is 6.07 Å². The number of benzene rings is 1. The Morgan fingerprint density at radius 1 is 1.31 bits per heavy atom. The summed E-state index contributed by atoms with van der Waals surface area (Å²) < 4.78 is 0. The maximum absolute atomic E-state index is 8.24. The van der Waals surface area contributed by atoms with Gasteiger partial charge in [0.15, 0.2) is 0 Å². The summed E-state index contributed by atoms with van der Waals surface area (Å²) in [5.41, 5.74) is 2.45. The highest BCUT2D eigenvalue weighted by Crippen LogP contribution is 2.35. The van der Waals surface area contributed by atoms with Gasteiger partial charge in [0.05, 0.1) is 0 Å². The predicted octanol–water partition coefficient (Wildman–Crippen LogP) is 3.02. The van der Waals surface area contributed by atoms with Crippen LogP contribution in [0.2, 0.25) is 0 Å². The summed E-state index contributed by atoms with van der Waals surface area (Å²) in [6.07, 6.45) is 4.08. The molecule has 0 amide bonds. The SMILES string of the molecule is CC(C1CCC1)N1Cc2ccccc2C1=N. The maximum atomic E-state index is 8.24. The van der Waals surface area contributed by atoms with Gasteiger partial charge in [-0.2, -0.15) is 0 Å². The van der Waals surface area contributed by atoms with E-state index in [9.17, 15) is 0 Å². The smallest absolute Gasteiger partial charge is 0.128 e. The summed E-state index contributed by atoms with van der Waals surface area (Å²) in [5.74, 6) is 1.55. The van der Waals surface area contributed by atoms with Crippen LogP contribution in [0.15, 0.2) is 24.3 Å². The molecule has 1 aromatic rings. The van der Waals surface area contributed by atoms with E-state index in [1.165, 1.54) is 24.8 Å². The van der Waals surface area contributed by atoms with Crippen LogP contribution in [-0.2, 0) is 6.54 Å². The molecule has 1 N–H and O–H groups in total. The monoisotopic (exact) mass is 214 g/mol. The van der Waals surface area contributed by atoms with E-state index in [4.69, 9.17) is 5.41 Å². The first-order chi connectivity index (χ1) is 7.77. The van der Waals surface area contributed by atoms with Crippen molar-refractivity contribution >= 4 is 5.84 Å². The summed E-state index contributed by atoms with van der Waals surface area (Å²) in [6.45, 7) is 3.22. The van der Waals surface area contributed by atoms with Gasteiger partial charge >= 0.3 is 0 Å². The lowest BCUT2D eigenvalue weighted by Crippen LogP contribution is -2.41. The Bertz CT molecular complexity index is 420. The summed E-state index contributed by atoms with van der Waals surface area (Å²) >= 11 is 0. The summed E-state index contributed by atoms with van der Waals surface area (Å²) in [7, 11) is 0. The van der Waals surface area contributed by atoms with Gasteiger partial charge in [0.25, 0.3) is 0 Å². The Balaban J connectivity index is 1.83. The maximum Gasteiger partial charge on any atom is 0.128 e. The van der Waals surface area contributed by atoms with Crippen LogP contribution in [0.3, 0.4) is 0 Å². The highest BCUT2D eigenvalue weighted by molar-refractivity contribution is 6.00. The lowest BCUT2D eigenvalue weighted by molar-refractivity contribution is 0.166. The Morgan fingerprint density at radius 2 is 2.06 bits per heavy atom. The predicted molar refractivity (Wildman–Crippen MR) is 65.6 cm³/mol. The van der Waals surface area contributed by atoms with E-state index in [2.05, 4.69) is 30.0 Å². The second-order valence-corrected chi connectivity index (χ2v) is 5.07. The molecule has 2 heteroatoms. The first-order valence-electron chi connectivity index (χ1n) is 6.21. The number of hydrogen-bond donors (Lipinski definition) is 1. The largest absolute Gasteiger partial charge is 0.349 e. The van der Waals surface area contributed by atoms with Crippen LogP contribution in [-0.4, -0.2) is 16.8 Å². The molecule has 2 nitrogen and oxygen atoms in total. The van der Waals surface area contributed by atoms with Gasteiger partial charge in [-0.05, 0) is 31.2 Å². The van der Waals surface area contributed by atoms with Gasteiger partial charge in [-0.3, -0.25) is 5.41 Å². The van der Waals surface area contributed by atoms with Crippen LogP contribution >= 0.6 is 0 Å². The molecule has 0 aromatic heterocycles. The fraction of sp³-hybridized carbons (Fsp3) is 0.500. The van der Waals surface area contributed by atoms with Gasteiger partial charge in [0.2, 0.25) is 0 Å². The minimum atomic E-state index is 0.536. The quantitative estimate of drug-likeness (QED) is 0.805. The van der Waals surface area contributed by atoms with Crippen molar-refractivity contribution < 1.29 is 0 Å². The fourth-order valence-electron chi connectivity index (χ4n) is 2.83. The number of rotatable bonds is 2. The molecule has 1 atom stereocenters. The van der Waals surface area contributed by atoms with Gasteiger partial charge in [-0.15, -0.1) is 0 Å². The zero-order valence-corrected chi connectivity index (χ0v) is 9.74. The third kappa shape index (κ3) is 1.36. The van der Waals surface area contributed by atoms with E-state index in [1.54, 1.807) is 0 Å². The highest BCUT2D eigenvalue weighted by atomic mass is 15.2. The second kappa shape index (κ2) is 3.62. The van der Waals surface area contributed by atoms with Crippen LogP contribution in [0.1, 0.15) is 37.3 Å². The number of nitrogens with one attached hydrogen (secondary N) is 1. The molecule has 1 heterocycles. The van der Waals surface area contributed by atoms with Crippen LogP contribution in [0.25, 0.3) is 0 Å². The molecule has 1 saturated carbocycles. The van der Waals surface area contributed by atoms with Gasteiger partial charge in [-0.25, -0.2) is 0 Å². The Labute approximate surface area is 96.8 Å². The molecular formula is C14H18N2. The molecule has 1 aromatic carbocycles. The molecular weight excluding hydrogens is 196 g/mol. The lowest BCUT2D eigenvalue weighted by atomic mass is 9.80. The third-order valence-corrected chi connectivity index (χ3v) is 4.22. The van der Waals surface area contributed by atoms with E-state index in [0.717, 1.165) is 23.9 Å². The van der Waals surface area contributed by atoms with Gasteiger partial charge in [0.1, 0.15) is 5.84 Å². The van der Waals surface area contributed by atoms with Crippen LogP contribution in [0.4, 0.5) is 0 Å². The van der Waals surface area contributed by atoms with Gasteiger partial charge < -0.3 is 4.90 Å². The van der Waals surface area contributed by atoms with E-state index >= 15 is 0 Å². The minimum Gasteiger partial charge on any atom is -0.349 e. The molecule has 1 aliphatic heterocycles. The van der Waals surface area contributed by atoms with Gasteiger partial charge in [0, 0.05) is 18.2 Å². The zero-order valence-electron chi connectivity index (χ0n) is 9.74. The Hall–Kier alpha value is -1.31. The summed E-state index contributed by atoms with van der Waals surface area (Å²) in [4.78, 5) is 2.27. The summed E-state index contributed by atoms with van der Waals surface area (Å²) in [5, 5.41) is 8.24. The first kappa shape index (κ1) is 9.88. The molecule has 1 fully saturated rings. The number of amidine groups is 1. The zero-order chi connectivity index (χ0) is 11.1. The lowest BCUT2D eigenvalue weighted by Gasteiger charge is -2.38. The van der Waals surface area contributed by atoms with E-state index < -0.39 is 0 Å². The van der Waals surface area contributed by atoms with Crippen LogP contribution in [0.5, 0.6) is 0 Å². The third-order valence-electron chi connectivity index (χ3n) is 4.22. The average molecular weight is 214 g/mol. The molecule has 0 spiro atoms. The van der Waals surface area contributed by atoms with Crippen molar-refractivity contribution in [2.75, 3.05) is 0 Å². The summed E-state index contributed by atoms with van der Waals surface area (Å²) in [6, 6.07) is 8.87. The van der Waals surface area contributed by atoms with Crippen molar-refractivity contribution in [2.45, 2.75) is 38.8 Å². The van der Waals surface area contributed by atoms with E-state index in [0.29, 0.717) is 6.04 Å². The highest BCUT2D eigenvalue weighted by Gasteiger charge is 2.33. The van der Waals surface area contributed by atoms with Gasteiger partial charge in [-0.1, -0.05) is 30.7 Å². The Morgan fingerprint density at radius 3 is 2.69 bits per heavy atom. The standard InChI is InChI=1S/C14H18N2/c1-10(11-6-4-7-11)16-9-12-5-2-3-8-13(12)14(16)15/h2-3,5,8,10-11,15H,4,6-7,9H2,1H3. The van der Waals surface area contributed by atoms with Crippen molar-refractivity contribution in [3.63, 3.8) is 0 Å².